The fourth-order valence-corrected chi connectivity index (χ4v) is 3.63. The van der Waals surface area contributed by atoms with Gasteiger partial charge in [-0.05, 0) is 12.1 Å². The number of methoxy groups -OCH3 is 2. The van der Waals surface area contributed by atoms with E-state index in [0.717, 1.165) is 27.9 Å². The van der Waals surface area contributed by atoms with Crippen LogP contribution < -0.4 is 9.47 Å². The van der Waals surface area contributed by atoms with Crippen LogP contribution >= 0.6 is 11.8 Å². The van der Waals surface area contributed by atoms with Crippen molar-refractivity contribution in [3.8, 4) is 28.6 Å². The fourth-order valence-electron chi connectivity index (χ4n) is 2.78. The van der Waals surface area contributed by atoms with Gasteiger partial charge in [0.1, 0.15) is 6.26 Å². The van der Waals surface area contributed by atoms with Gasteiger partial charge in [-0.3, -0.25) is 4.57 Å². The second-order valence-electron chi connectivity index (χ2n) is 5.83. The van der Waals surface area contributed by atoms with Gasteiger partial charge in [-0.2, -0.15) is 0 Å². The summed E-state index contributed by atoms with van der Waals surface area (Å²) in [5, 5.41) is 13.6. The first-order valence-corrected chi connectivity index (χ1v) is 9.54. The van der Waals surface area contributed by atoms with E-state index in [1.807, 2.05) is 59.2 Å². The van der Waals surface area contributed by atoms with Crippen molar-refractivity contribution in [1.82, 2.24) is 19.9 Å². The van der Waals surface area contributed by atoms with Crippen molar-refractivity contribution in [2.24, 2.45) is 0 Å². The smallest absolute Gasteiger partial charge is 0.196 e. The third-order valence-corrected chi connectivity index (χ3v) is 5.09. The predicted molar refractivity (Wildman–Crippen MR) is 106 cm³/mol. The largest absolute Gasteiger partial charge is 0.493 e. The lowest BCUT2D eigenvalue weighted by molar-refractivity contribution is 0.355. The van der Waals surface area contributed by atoms with Crippen LogP contribution in [0.3, 0.4) is 0 Å². The van der Waals surface area contributed by atoms with Crippen molar-refractivity contribution in [2.45, 2.75) is 10.9 Å². The van der Waals surface area contributed by atoms with Crippen molar-refractivity contribution in [2.75, 3.05) is 14.2 Å². The minimum Gasteiger partial charge on any atom is -0.493 e. The van der Waals surface area contributed by atoms with Crippen LogP contribution in [0.15, 0.2) is 70.5 Å². The van der Waals surface area contributed by atoms with Gasteiger partial charge < -0.3 is 14.0 Å². The van der Waals surface area contributed by atoms with Gasteiger partial charge in [0, 0.05) is 23.4 Å². The Balaban J connectivity index is 1.79. The summed E-state index contributed by atoms with van der Waals surface area (Å²) in [7, 11) is 3.23. The van der Waals surface area contributed by atoms with Crippen molar-refractivity contribution in [3.63, 3.8) is 0 Å². The summed E-state index contributed by atoms with van der Waals surface area (Å²) in [6, 6.07) is 17.5. The summed E-state index contributed by atoms with van der Waals surface area (Å²) in [6.07, 6.45) is 1.56. The molecule has 0 saturated heterocycles. The van der Waals surface area contributed by atoms with E-state index in [4.69, 9.17) is 14.0 Å². The lowest BCUT2D eigenvalue weighted by atomic mass is 10.2. The minimum atomic E-state index is 0.622. The van der Waals surface area contributed by atoms with Gasteiger partial charge in [-0.25, -0.2) is 0 Å². The van der Waals surface area contributed by atoms with Crippen LogP contribution in [0, 0.1) is 0 Å². The third kappa shape index (κ3) is 3.59. The Morgan fingerprint density at radius 3 is 2.50 bits per heavy atom. The minimum absolute atomic E-state index is 0.622. The lowest BCUT2D eigenvalue weighted by Gasteiger charge is -2.13. The van der Waals surface area contributed by atoms with Crippen molar-refractivity contribution >= 4 is 11.8 Å². The van der Waals surface area contributed by atoms with Gasteiger partial charge in [-0.1, -0.05) is 47.3 Å². The van der Waals surface area contributed by atoms with Crippen LogP contribution in [-0.2, 0) is 5.75 Å². The molecule has 2 heterocycles. The van der Waals surface area contributed by atoms with Crippen LogP contribution in [0.4, 0.5) is 0 Å². The molecule has 0 aliphatic rings. The molecule has 8 heteroatoms. The number of benzene rings is 2. The van der Waals surface area contributed by atoms with Gasteiger partial charge in [0.05, 0.1) is 25.6 Å². The standard InChI is InChI=1S/C20H18N4O3S/c1-25-17-9-8-16(12-18(17)26-2)24-19(14-6-4-3-5-7-14)21-22-20(24)28-13-15-10-11-27-23-15/h3-12H,13H2,1-2H3. The molecule has 4 rings (SSSR count). The highest BCUT2D eigenvalue weighted by molar-refractivity contribution is 7.98. The summed E-state index contributed by atoms with van der Waals surface area (Å²) in [4.78, 5) is 0. The topological polar surface area (TPSA) is 75.2 Å². The number of rotatable bonds is 7. The maximum Gasteiger partial charge on any atom is 0.196 e. The van der Waals surface area contributed by atoms with Gasteiger partial charge in [0.15, 0.2) is 22.5 Å². The number of ether oxygens (including phenoxy) is 2. The summed E-state index contributed by atoms with van der Waals surface area (Å²) < 4.78 is 17.7. The Bertz CT molecular complexity index is 1050. The molecule has 0 spiro atoms. The molecule has 0 aliphatic carbocycles. The van der Waals surface area contributed by atoms with Gasteiger partial charge in [-0.15, -0.1) is 10.2 Å². The highest BCUT2D eigenvalue weighted by Gasteiger charge is 2.18. The van der Waals surface area contributed by atoms with Crippen LogP contribution in [0.25, 0.3) is 17.1 Å². The molecule has 7 nitrogen and oxygen atoms in total. The summed E-state index contributed by atoms with van der Waals surface area (Å²) in [5.41, 5.74) is 2.69. The predicted octanol–water partition coefficient (Wildman–Crippen LogP) is 4.23. The zero-order valence-electron chi connectivity index (χ0n) is 15.4. The van der Waals surface area contributed by atoms with Gasteiger partial charge >= 0.3 is 0 Å². The molecule has 0 aliphatic heterocycles. The number of hydrogen-bond acceptors (Lipinski definition) is 7. The Labute approximate surface area is 166 Å². The van der Waals surface area contributed by atoms with E-state index in [9.17, 15) is 0 Å². The van der Waals surface area contributed by atoms with Crippen LogP contribution in [-0.4, -0.2) is 34.1 Å². The van der Waals surface area contributed by atoms with Gasteiger partial charge in [0.2, 0.25) is 0 Å². The molecule has 0 unspecified atom stereocenters. The molecule has 0 amide bonds. The first kappa shape index (κ1) is 18.1. The monoisotopic (exact) mass is 394 g/mol. The quantitative estimate of drug-likeness (QED) is 0.434. The Kier molecular flexibility index (Phi) is 5.29. The van der Waals surface area contributed by atoms with E-state index in [-0.39, 0.29) is 0 Å². The first-order chi connectivity index (χ1) is 13.8. The SMILES string of the molecule is COc1ccc(-n2c(SCc3ccon3)nnc2-c2ccccc2)cc1OC. The maximum atomic E-state index is 5.47. The molecule has 2 aromatic carbocycles. The molecule has 0 bridgehead atoms. The van der Waals surface area contributed by atoms with Crippen LogP contribution in [0.5, 0.6) is 11.5 Å². The molecule has 0 fully saturated rings. The normalized spacial score (nSPS) is 10.8. The molecule has 0 saturated carbocycles. The van der Waals surface area contributed by atoms with E-state index in [1.54, 1.807) is 20.5 Å². The molecule has 0 atom stereocenters. The fraction of sp³-hybridized carbons (Fsp3) is 0.150. The van der Waals surface area contributed by atoms with Crippen molar-refractivity contribution in [3.05, 3.63) is 66.6 Å². The molecule has 142 valence electrons. The van der Waals surface area contributed by atoms with E-state index in [0.29, 0.717) is 17.3 Å². The zero-order chi connectivity index (χ0) is 19.3. The highest BCUT2D eigenvalue weighted by atomic mass is 32.2. The average molecular weight is 394 g/mol. The number of aromatic nitrogens is 4. The average Bonchev–Trinajstić information content (AvgIpc) is 3.42. The van der Waals surface area contributed by atoms with Crippen molar-refractivity contribution < 1.29 is 14.0 Å². The summed E-state index contributed by atoms with van der Waals surface area (Å²) in [5.74, 6) is 2.67. The molecule has 28 heavy (non-hydrogen) atoms. The number of nitrogens with zero attached hydrogens (tertiary/aromatic N) is 4. The van der Waals surface area contributed by atoms with E-state index in [1.165, 1.54) is 11.8 Å². The molecular formula is C20H18N4O3S. The summed E-state index contributed by atoms with van der Waals surface area (Å²) >= 11 is 1.53. The third-order valence-electron chi connectivity index (χ3n) is 4.13. The Hall–Kier alpha value is -3.26. The second kappa shape index (κ2) is 8.18. The van der Waals surface area contributed by atoms with Crippen LogP contribution in [0.1, 0.15) is 5.69 Å². The van der Waals surface area contributed by atoms with Crippen molar-refractivity contribution in [1.29, 1.82) is 0 Å². The highest BCUT2D eigenvalue weighted by Crippen LogP contribution is 2.34. The van der Waals surface area contributed by atoms with Gasteiger partial charge in [0.25, 0.3) is 0 Å². The second-order valence-corrected chi connectivity index (χ2v) is 6.77. The molecule has 4 aromatic rings. The first-order valence-electron chi connectivity index (χ1n) is 8.55. The lowest BCUT2D eigenvalue weighted by Crippen LogP contribution is -2.01. The Morgan fingerprint density at radius 2 is 1.79 bits per heavy atom. The maximum absolute atomic E-state index is 5.47. The summed E-state index contributed by atoms with van der Waals surface area (Å²) in [6.45, 7) is 0. The van der Waals surface area contributed by atoms with E-state index >= 15 is 0 Å². The number of thioether (sulfide) groups is 1. The Morgan fingerprint density at radius 1 is 0.964 bits per heavy atom. The molecular weight excluding hydrogens is 376 g/mol. The molecule has 0 radical (unpaired) electrons. The molecule has 0 N–H and O–H groups in total. The molecule has 2 aromatic heterocycles. The van der Waals surface area contributed by atoms with Crippen LogP contribution in [0.2, 0.25) is 0 Å². The van der Waals surface area contributed by atoms with E-state index in [2.05, 4.69) is 15.4 Å². The zero-order valence-corrected chi connectivity index (χ0v) is 16.2. The number of hydrogen-bond donors (Lipinski definition) is 0. The van der Waals surface area contributed by atoms with E-state index < -0.39 is 0 Å².